The molecule has 6 aromatic heterocycles. The third kappa shape index (κ3) is 5.70. The van der Waals surface area contributed by atoms with E-state index in [1.165, 1.54) is 17.5 Å². The smallest absolute Gasteiger partial charge is 0.0897 e. The third-order valence-corrected chi connectivity index (χ3v) is 7.98. The van der Waals surface area contributed by atoms with E-state index in [2.05, 4.69) is 44.2 Å². The maximum absolute atomic E-state index is 4.97. The molecule has 0 aromatic carbocycles. The molecule has 0 amide bonds. The first-order valence-electron chi connectivity index (χ1n) is 14.5. The van der Waals surface area contributed by atoms with Crippen molar-refractivity contribution < 1.29 is 0 Å². The second-order valence-electron chi connectivity index (χ2n) is 10.9. The van der Waals surface area contributed by atoms with Crippen LogP contribution >= 0.6 is 0 Å². The quantitative estimate of drug-likeness (QED) is 0.203. The summed E-state index contributed by atoms with van der Waals surface area (Å²) in [7, 11) is 0. The summed E-state index contributed by atoms with van der Waals surface area (Å²) in [6.07, 6.45) is 11.7. The van der Waals surface area contributed by atoms with E-state index in [9.17, 15) is 0 Å². The zero-order chi connectivity index (χ0) is 28.1. The molecule has 2 unspecified atom stereocenters. The summed E-state index contributed by atoms with van der Waals surface area (Å²) in [5.41, 5.74) is 9.66. The molecule has 0 aliphatic heterocycles. The minimum atomic E-state index is 0.454. The molecule has 0 N–H and O–H groups in total. The molecule has 6 nitrogen and oxygen atoms in total. The van der Waals surface area contributed by atoms with Crippen LogP contribution in [-0.2, 0) is 6.42 Å². The van der Waals surface area contributed by atoms with Crippen LogP contribution in [0.2, 0.25) is 0 Å². The number of nitrogens with zero attached hydrogens (tertiary/aromatic N) is 6. The lowest BCUT2D eigenvalue weighted by Gasteiger charge is -2.15. The fourth-order valence-corrected chi connectivity index (χ4v) is 5.97. The standard InChI is InChI=1S/C36H30N6/c1-5-15-37-29(9-1)33-21-26(22-34(41-33)30-10-2-6-16-38-30)19-25-13-14-27(20-25)28-23-35(31-11-3-7-17-39-31)42-36(24-28)32-12-4-8-18-40-32/h1-12,15-18,21-25,27H,13-14,19-20H2. The summed E-state index contributed by atoms with van der Waals surface area (Å²) in [6.45, 7) is 0. The fraction of sp³-hybridized carbons (Fsp3) is 0.167. The van der Waals surface area contributed by atoms with Crippen LogP contribution < -0.4 is 0 Å². The molecule has 1 aliphatic rings. The van der Waals surface area contributed by atoms with Crippen LogP contribution in [0.25, 0.3) is 45.6 Å². The zero-order valence-electron chi connectivity index (χ0n) is 23.2. The summed E-state index contributed by atoms with van der Waals surface area (Å²) in [5.74, 6) is 1.02. The Morgan fingerprint density at radius 3 is 1.31 bits per heavy atom. The molecule has 6 aromatic rings. The number of rotatable bonds is 7. The normalized spacial score (nSPS) is 16.4. The van der Waals surface area contributed by atoms with E-state index < -0.39 is 0 Å². The molecule has 6 heterocycles. The summed E-state index contributed by atoms with van der Waals surface area (Å²) in [6, 6.07) is 32.7. The maximum atomic E-state index is 4.97. The Labute approximate surface area is 245 Å². The highest BCUT2D eigenvalue weighted by molar-refractivity contribution is 5.64. The van der Waals surface area contributed by atoms with Crippen LogP contribution in [0.5, 0.6) is 0 Å². The lowest BCUT2D eigenvalue weighted by molar-refractivity contribution is 0.536. The summed E-state index contributed by atoms with van der Waals surface area (Å²) >= 11 is 0. The Morgan fingerprint density at radius 2 is 0.905 bits per heavy atom. The van der Waals surface area contributed by atoms with Crippen molar-refractivity contribution in [2.75, 3.05) is 0 Å². The van der Waals surface area contributed by atoms with Crippen LogP contribution in [0.1, 0.15) is 36.3 Å². The van der Waals surface area contributed by atoms with Crippen LogP contribution in [0.3, 0.4) is 0 Å². The lowest BCUT2D eigenvalue weighted by atomic mass is 9.92. The average molecular weight is 547 g/mol. The van der Waals surface area contributed by atoms with Crippen LogP contribution in [-0.4, -0.2) is 29.9 Å². The summed E-state index contributed by atoms with van der Waals surface area (Å²) in [5, 5.41) is 0. The van der Waals surface area contributed by atoms with E-state index in [4.69, 9.17) is 9.97 Å². The second kappa shape index (κ2) is 11.8. The molecular weight excluding hydrogens is 516 g/mol. The molecule has 0 bridgehead atoms. The van der Waals surface area contributed by atoms with Crippen molar-refractivity contribution >= 4 is 0 Å². The van der Waals surface area contributed by atoms with Gasteiger partial charge in [-0.25, -0.2) is 9.97 Å². The van der Waals surface area contributed by atoms with E-state index >= 15 is 0 Å². The van der Waals surface area contributed by atoms with Crippen LogP contribution in [0.4, 0.5) is 0 Å². The largest absolute Gasteiger partial charge is 0.255 e. The Balaban J connectivity index is 1.18. The van der Waals surface area contributed by atoms with Gasteiger partial charge in [-0.2, -0.15) is 0 Å². The van der Waals surface area contributed by atoms with Gasteiger partial charge in [-0.3, -0.25) is 19.9 Å². The Hall–Kier alpha value is -5.10. The Morgan fingerprint density at radius 1 is 0.476 bits per heavy atom. The van der Waals surface area contributed by atoms with Crippen molar-refractivity contribution in [2.24, 2.45) is 5.92 Å². The minimum absolute atomic E-state index is 0.454. The molecule has 1 aliphatic carbocycles. The zero-order valence-corrected chi connectivity index (χ0v) is 23.2. The van der Waals surface area contributed by atoms with Gasteiger partial charge in [-0.05, 0) is 121 Å². The molecule has 1 saturated carbocycles. The minimum Gasteiger partial charge on any atom is -0.255 e. The molecule has 0 spiro atoms. The first-order valence-corrected chi connectivity index (χ1v) is 14.5. The van der Waals surface area contributed by atoms with Gasteiger partial charge in [0.25, 0.3) is 0 Å². The highest BCUT2D eigenvalue weighted by Gasteiger charge is 2.27. The molecule has 7 rings (SSSR count). The predicted octanol–water partition coefficient (Wildman–Crippen LogP) is 7.85. The topological polar surface area (TPSA) is 77.3 Å². The molecule has 0 radical (unpaired) electrons. The van der Waals surface area contributed by atoms with E-state index in [-0.39, 0.29) is 0 Å². The van der Waals surface area contributed by atoms with Crippen molar-refractivity contribution in [3.63, 3.8) is 0 Å². The molecule has 42 heavy (non-hydrogen) atoms. The number of hydrogen-bond acceptors (Lipinski definition) is 6. The van der Waals surface area contributed by atoms with E-state index in [0.29, 0.717) is 11.8 Å². The molecule has 2 atom stereocenters. The monoisotopic (exact) mass is 546 g/mol. The van der Waals surface area contributed by atoms with Gasteiger partial charge < -0.3 is 0 Å². The van der Waals surface area contributed by atoms with E-state index in [1.54, 1.807) is 0 Å². The van der Waals surface area contributed by atoms with Gasteiger partial charge in [0.15, 0.2) is 0 Å². The van der Waals surface area contributed by atoms with E-state index in [0.717, 1.165) is 64.8 Å². The van der Waals surface area contributed by atoms with Gasteiger partial charge in [0.1, 0.15) is 0 Å². The van der Waals surface area contributed by atoms with Crippen molar-refractivity contribution in [1.29, 1.82) is 0 Å². The number of pyridine rings is 6. The molecular formula is C36H30N6. The summed E-state index contributed by atoms with van der Waals surface area (Å²) in [4.78, 5) is 28.2. The predicted molar refractivity (Wildman–Crippen MR) is 165 cm³/mol. The highest BCUT2D eigenvalue weighted by Crippen LogP contribution is 2.41. The van der Waals surface area contributed by atoms with Crippen molar-refractivity contribution in [2.45, 2.75) is 31.6 Å². The number of hydrogen-bond donors (Lipinski definition) is 0. The fourth-order valence-electron chi connectivity index (χ4n) is 5.97. The van der Waals surface area contributed by atoms with Gasteiger partial charge in [0.05, 0.1) is 45.6 Å². The first-order chi connectivity index (χ1) is 20.8. The van der Waals surface area contributed by atoms with Crippen molar-refractivity contribution in [3.05, 3.63) is 133 Å². The molecule has 204 valence electrons. The molecule has 0 saturated heterocycles. The van der Waals surface area contributed by atoms with Crippen LogP contribution in [0, 0.1) is 5.92 Å². The van der Waals surface area contributed by atoms with Crippen LogP contribution in [0.15, 0.2) is 122 Å². The van der Waals surface area contributed by atoms with Gasteiger partial charge in [0, 0.05) is 24.8 Å². The molecule has 6 heteroatoms. The second-order valence-corrected chi connectivity index (χ2v) is 10.9. The average Bonchev–Trinajstić information content (AvgIpc) is 3.54. The number of aromatic nitrogens is 6. The summed E-state index contributed by atoms with van der Waals surface area (Å²) < 4.78 is 0. The Kier molecular flexibility index (Phi) is 7.25. The SMILES string of the molecule is c1ccc(-c2cc(CC3CCC(c4cc(-c5ccccn5)nc(-c5ccccn5)c4)C3)cc(-c3ccccn3)n2)nc1. The maximum Gasteiger partial charge on any atom is 0.0897 e. The third-order valence-electron chi connectivity index (χ3n) is 7.98. The highest BCUT2D eigenvalue weighted by atomic mass is 14.8. The van der Waals surface area contributed by atoms with Gasteiger partial charge in [0.2, 0.25) is 0 Å². The van der Waals surface area contributed by atoms with Gasteiger partial charge in [-0.1, -0.05) is 24.3 Å². The van der Waals surface area contributed by atoms with Gasteiger partial charge in [-0.15, -0.1) is 0 Å². The van der Waals surface area contributed by atoms with Crippen molar-refractivity contribution in [1.82, 2.24) is 29.9 Å². The Bertz CT molecular complexity index is 1660. The lowest BCUT2D eigenvalue weighted by Crippen LogP contribution is -2.03. The molecule has 1 fully saturated rings. The van der Waals surface area contributed by atoms with Gasteiger partial charge >= 0.3 is 0 Å². The van der Waals surface area contributed by atoms with Crippen molar-refractivity contribution in [3.8, 4) is 45.6 Å². The first kappa shape index (κ1) is 25.8. The van der Waals surface area contributed by atoms with E-state index in [1.807, 2.05) is 97.6 Å².